The Labute approximate surface area is 121 Å². The summed E-state index contributed by atoms with van der Waals surface area (Å²) in [7, 11) is 0. The van der Waals surface area contributed by atoms with E-state index in [2.05, 4.69) is 12.2 Å². The molecule has 1 aliphatic rings. The fourth-order valence-corrected chi connectivity index (χ4v) is 3.11. The van der Waals surface area contributed by atoms with Crippen molar-refractivity contribution < 1.29 is 13.6 Å². The Bertz CT molecular complexity index is 498. The van der Waals surface area contributed by atoms with Crippen molar-refractivity contribution >= 4 is 17.7 Å². The lowest BCUT2D eigenvalue weighted by atomic mass is 10.1. The quantitative estimate of drug-likeness (QED) is 0.907. The fraction of sp³-hybridized carbons (Fsp3) is 0.500. The van der Waals surface area contributed by atoms with Crippen LogP contribution in [0.25, 0.3) is 0 Å². The minimum absolute atomic E-state index is 0.00287. The number of nitrogens with one attached hydrogen (secondary N) is 1. The molecule has 1 aromatic rings. The zero-order valence-corrected chi connectivity index (χ0v) is 12.3. The van der Waals surface area contributed by atoms with E-state index in [-0.39, 0.29) is 18.5 Å². The molecule has 1 heterocycles. The van der Waals surface area contributed by atoms with E-state index in [1.807, 2.05) is 6.92 Å². The molecule has 2 rings (SSSR count). The highest BCUT2D eigenvalue weighted by molar-refractivity contribution is 7.99. The Balaban J connectivity index is 2.23. The number of amides is 1. The molecule has 0 radical (unpaired) electrons. The third-order valence-electron chi connectivity index (χ3n) is 3.31. The van der Waals surface area contributed by atoms with Crippen LogP contribution in [0.4, 0.5) is 8.78 Å². The van der Waals surface area contributed by atoms with E-state index in [1.54, 1.807) is 16.7 Å². The van der Waals surface area contributed by atoms with Gasteiger partial charge in [-0.25, -0.2) is 8.78 Å². The highest BCUT2D eigenvalue weighted by atomic mass is 32.2. The smallest absolute Gasteiger partial charge is 0.238 e. The maximum Gasteiger partial charge on any atom is 0.238 e. The van der Waals surface area contributed by atoms with Crippen LogP contribution >= 0.6 is 11.8 Å². The molecule has 0 aromatic heterocycles. The second-order valence-corrected chi connectivity index (χ2v) is 6.08. The predicted octanol–water partition coefficient (Wildman–Crippen LogP) is 2.54. The summed E-state index contributed by atoms with van der Waals surface area (Å²) in [4.78, 5) is 13.7. The van der Waals surface area contributed by atoms with E-state index < -0.39 is 17.8 Å². The molecule has 1 aliphatic heterocycles. The zero-order chi connectivity index (χ0) is 14.7. The monoisotopic (exact) mass is 300 g/mol. The molecule has 0 saturated carbocycles. The van der Waals surface area contributed by atoms with E-state index in [1.165, 1.54) is 12.1 Å². The Morgan fingerprint density at radius 2 is 2.25 bits per heavy atom. The number of halogens is 2. The van der Waals surface area contributed by atoms with Gasteiger partial charge in [-0.2, -0.15) is 11.8 Å². The number of hydrogen-bond acceptors (Lipinski definition) is 3. The van der Waals surface area contributed by atoms with Crippen molar-refractivity contribution in [1.29, 1.82) is 0 Å². The van der Waals surface area contributed by atoms with E-state index in [9.17, 15) is 13.6 Å². The van der Waals surface area contributed by atoms with Gasteiger partial charge in [0.25, 0.3) is 0 Å². The Morgan fingerprint density at radius 1 is 1.50 bits per heavy atom. The highest BCUT2D eigenvalue weighted by Crippen LogP contribution is 2.28. The first-order valence-corrected chi connectivity index (χ1v) is 7.77. The Morgan fingerprint density at radius 3 is 2.90 bits per heavy atom. The van der Waals surface area contributed by atoms with Crippen molar-refractivity contribution in [3.05, 3.63) is 35.4 Å². The van der Waals surface area contributed by atoms with Crippen LogP contribution in [0.3, 0.4) is 0 Å². The summed E-state index contributed by atoms with van der Waals surface area (Å²) in [6, 6.07) is 3.46. The first kappa shape index (κ1) is 15.3. The number of nitrogens with zero attached hydrogens (tertiary/aromatic N) is 1. The van der Waals surface area contributed by atoms with E-state index in [4.69, 9.17) is 0 Å². The van der Waals surface area contributed by atoms with Crippen LogP contribution in [0, 0.1) is 11.6 Å². The average Bonchev–Trinajstić information content (AvgIpc) is 2.78. The summed E-state index contributed by atoms with van der Waals surface area (Å²) in [6.07, 6.45) is -0.518. The molecule has 2 unspecified atom stereocenters. The summed E-state index contributed by atoms with van der Waals surface area (Å²) in [5.41, 5.74) is 0.311. The molecule has 20 heavy (non-hydrogen) atoms. The number of thioether (sulfide) groups is 1. The van der Waals surface area contributed by atoms with Gasteiger partial charge in [-0.3, -0.25) is 10.1 Å². The normalized spacial score (nSPS) is 20.5. The first-order chi connectivity index (χ1) is 9.54. The van der Waals surface area contributed by atoms with Crippen molar-refractivity contribution in [2.24, 2.45) is 0 Å². The van der Waals surface area contributed by atoms with Gasteiger partial charge < -0.3 is 4.90 Å². The molecule has 1 amide bonds. The molecular weight excluding hydrogens is 282 g/mol. The van der Waals surface area contributed by atoms with Crippen molar-refractivity contribution in [2.75, 3.05) is 18.1 Å². The summed E-state index contributed by atoms with van der Waals surface area (Å²) >= 11 is 1.73. The molecule has 0 spiro atoms. The van der Waals surface area contributed by atoms with Crippen molar-refractivity contribution in [2.45, 2.75) is 26.1 Å². The molecule has 3 nitrogen and oxygen atoms in total. The minimum Gasteiger partial charge on any atom is -0.318 e. The molecule has 1 N–H and O–H groups in total. The Kier molecular flexibility index (Phi) is 4.99. The molecule has 6 heteroatoms. The summed E-state index contributed by atoms with van der Waals surface area (Å²) in [5, 5.41) is 3.00. The highest BCUT2D eigenvalue weighted by Gasteiger charge is 2.36. The lowest BCUT2D eigenvalue weighted by molar-refractivity contribution is -0.129. The van der Waals surface area contributed by atoms with Gasteiger partial charge in [0.15, 0.2) is 0 Å². The predicted molar refractivity (Wildman–Crippen MR) is 76.4 cm³/mol. The zero-order valence-electron chi connectivity index (χ0n) is 11.5. The van der Waals surface area contributed by atoms with Crippen LogP contribution < -0.4 is 5.32 Å². The van der Waals surface area contributed by atoms with Crippen LogP contribution in [0.5, 0.6) is 0 Å². The van der Waals surface area contributed by atoms with E-state index in [0.29, 0.717) is 5.56 Å². The number of hydrogen-bond donors (Lipinski definition) is 1. The lowest BCUT2D eigenvalue weighted by Gasteiger charge is -2.30. The van der Waals surface area contributed by atoms with Crippen LogP contribution in [-0.2, 0) is 4.79 Å². The van der Waals surface area contributed by atoms with Crippen LogP contribution in [-0.4, -0.2) is 34.9 Å². The molecule has 0 aliphatic carbocycles. The third kappa shape index (κ3) is 3.12. The van der Waals surface area contributed by atoms with E-state index in [0.717, 1.165) is 17.6 Å². The second kappa shape index (κ2) is 6.54. The van der Waals surface area contributed by atoms with Gasteiger partial charge in [0.05, 0.1) is 6.54 Å². The van der Waals surface area contributed by atoms with Gasteiger partial charge in [0.2, 0.25) is 5.91 Å². The third-order valence-corrected chi connectivity index (χ3v) is 4.43. The molecule has 1 aromatic carbocycles. The summed E-state index contributed by atoms with van der Waals surface area (Å²) in [6.45, 7) is 4.18. The molecule has 110 valence electrons. The maximum atomic E-state index is 13.9. The average molecular weight is 300 g/mol. The first-order valence-electron chi connectivity index (χ1n) is 6.61. The van der Waals surface area contributed by atoms with Gasteiger partial charge in [0, 0.05) is 23.4 Å². The van der Waals surface area contributed by atoms with Gasteiger partial charge in [-0.05, 0) is 24.8 Å². The molecule has 1 fully saturated rings. The summed E-state index contributed by atoms with van der Waals surface area (Å²) in [5.74, 6) is 0.468. The fourth-order valence-electron chi connectivity index (χ4n) is 2.37. The number of carbonyl (C=O) groups is 1. The lowest BCUT2D eigenvalue weighted by Crippen LogP contribution is -2.39. The number of benzene rings is 1. The van der Waals surface area contributed by atoms with Gasteiger partial charge in [-0.15, -0.1) is 0 Å². The topological polar surface area (TPSA) is 32.3 Å². The minimum atomic E-state index is -0.627. The second-order valence-electron chi connectivity index (χ2n) is 4.76. The van der Waals surface area contributed by atoms with Crippen molar-refractivity contribution in [3.63, 3.8) is 0 Å². The van der Waals surface area contributed by atoms with Crippen molar-refractivity contribution in [1.82, 2.24) is 10.2 Å². The number of carbonyl (C=O) groups excluding carboxylic acids is 1. The molecule has 2 atom stereocenters. The molecule has 0 bridgehead atoms. The maximum absolute atomic E-state index is 13.9. The van der Waals surface area contributed by atoms with Gasteiger partial charge in [0.1, 0.15) is 17.8 Å². The largest absolute Gasteiger partial charge is 0.318 e. The summed E-state index contributed by atoms with van der Waals surface area (Å²) < 4.78 is 26.9. The molecule has 1 saturated heterocycles. The van der Waals surface area contributed by atoms with Gasteiger partial charge in [-0.1, -0.05) is 6.92 Å². The molecular formula is C14H18F2N2OS. The van der Waals surface area contributed by atoms with E-state index >= 15 is 0 Å². The van der Waals surface area contributed by atoms with Crippen LogP contribution in [0.15, 0.2) is 18.2 Å². The van der Waals surface area contributed by atoms with Gasteiger partial charge >= 0.3 is 0 Å². The standard InChI is InChI=1S/C14H18F2N2OS/c1-3-20-8-9(2)18-13(19)7-17-14(18)11-5-4-10(15)6-12(11)16/h4-6,9,14,17H,3,7-8H2,1-2H3. The SMILES string of the molecule is CCSCC(C)N1C(=O)CNC1c1ccc(F)cc1F. The number of rotatable bonds is 5. The van der Waals surface area contributed by atoms with Crippen LogP contribution in [0.2, 0.25) is 0 Å². The Hall–Kier alpha value is -1.14. The van der Waals surface area contributed by atoms with Crippen LogP contribution in [0.1, 0.15) is 25.6 Å². The van der Waals surface area contributed by atoms with Crippen molar-refractivity contribution in [3.8, 4) is 0 Å².